The predicted molar refractivity (Wildman–Crippen MR) is 66.3 cm³/mol. The number of nitrogens with zero attached hydrogens (tertiary/aromatic N) is 2. The Balaban J connectivity index is 0.000000270. The number of amides is 1. The number of hydrogen-bond acceptors (Lipinski definition) is 4. The number of halogens is 3. The maximum Gasteiger partial charge on any atom is 0.490 e. The van der Waals surface area contributed by atoms with E-state index in [1.807, 2.05) is 28.8 Å². The number of fused-ring (bicyclic) bond motifs is 1. The molecule has 10 heteroatoms. The van der Waals surface area contributed by atoms with Gasteiger partial charge >= 0.3 is 12.1 Å². The third-order valence-electron chi connectivity index (χ3n) is 2.03. The van der Waals surface area contributed by atoms with E-state index in [1.54, 1.807) is 6.20 Å². The van der Waals surface area contributed by atoms with Crippen molar-refractivity contribution in [2.45, 2.75) is 13.1 Å². The van der Waals surface area contributed by atoms with E-state index in [1.165, 1.54) is 6.92 Å². The van der Waals surface area contributed by atoms with Gasteiger partial charge in [-0.1, -0.05) is 6.07 Å². The number of rotatable bonds is 2. The van der Waals surface area contributed by atoms with Crippen LogP contribution in [0.25, 0.3) is 5.52 Å². The van der Waals surface area contributed by atoms with Crippen LogP contribution in [0.1, 0.15) is 6.92 Å². The molecule has 0 aromatic carbocycles. The fourth-order valence-corrected chi connectivity index (χ4v) is 1.18. The van der Waals surface area contributed by atoms with E-state index >= 15 is 0 Å². The SMILES string of the molecule is CC(=O)NNc1ncc2ccccn12.O=C(O)C(F)(F)F. The topological polar surface area (TPSA) is 95.7 Å². The van der Waals surface area contributed by atoms with Gasteiger partial charge in [0.15, 0.2) is 0 Å². The lowest BCUT2D eigenvalue weighted by Gasteiger charge is -2.04. The van der Waals surface area contributed by atoms with Gasteiger partial charge in [0.25, 0.3) is 0 Å². The Hall–Kier alpha value is -2.78. The molecule has 2 heterocycles. The minimum Gasteiger partial charge on any atom is -0.475 e. The Labute approximate surface area is 116 Å². The summed E-state index contributed by atoms with van der Waals surface area (Å²) in [4.78, 5) is 23.7. The Kier molecular flexibility index (Phi) is 5.11. The second kappa shape index (κ2) is 6.59. The average molecular weight is 304 g/mol. The van der Waals surface area contributed by atoms with E-state index in [4.69, 9.17) is 9.90 Å². The minimum atomic E-state index is -5.08. The van der Waals surface area contributed by atoms with Gasteiger partial charge in [0.1, 0.15) is 0 Å². The summed E-state index contributed by atoms with van der Waals surface area (Å²) >= 11 is 0. The first-order valence-electron chi connectivity index (χ1n) is 5.46. The highest BCUT2D eigenvalue weighted by atomic mass is 19.4. The van der Waals surface area contributed by atoms with Crippen molar-refractivity contribution >= 4 is 23.3 Å². The number of hydrazine groups is 1. The Morgan fingerprint density at radius 2 is 1.95 bits per heavy atom. The summed E-state index contributed by atoms with van der Waals surface area (Å²) in [5.41, 5.74) is 6.16. The van der Waals surface area contributed by atoms with Crippen LogP contribution < -0.4 is 10.9 Å². The molecule has 0 saturated heterocycles. The highest BCUT2D eigenvalue weighted by Gasteiger charge is 2.38. The van der Waals surface area contributed by atoms with Crippen LogP contribution in [-0.2, 0) is 9.59 Å². The number of aromatic nitrogens is 2. The van der Waals surface area contributed by atoms with Crippen LogP contribution >= 0.6 is 0 Å². The smallest absolute Gasteiger partial charge is 0.475 e. The standard InChI is InChI=1S/C9H10N4O.C2HF3O2/c1-7(14)11-12-9-10-6-8-4-2-3-5-13(8)9;3-2(4,5)1(6)7/h2-6H,1H3,(H,10,12)(H,11,14);(H,6,7). The number of imidazole rings is 1. The van der Waals surface area contributed by atoms with Crippen molar-refractivity contribution in [3.05, 3.63) is 30.6 Å². The van der Waals surface area contributed by atoms with Crippen molar-refractivity contribution in [1.82, 2.24) is 14.8 Å². The number of carboxylic acid groups (broad SMARTS) is 1. The number of hydrogen-bond donors (Lipinski definition) is 3. The quantitative estimate of drug-likeness (QED) is 0.729. The van der Waals surface area contributed by atoms with Gasteiger partial charge in [0, 0.05) is 13.1 Å². The Morgan fingerprint density at radius 3 is 2.48 bits per heavy atom. The Morgan fingerprint density at radius 1 is 1.33 bits per heavy atom. The lowest BCUT2D eigenvalue weighted by molar-refractivity contribution is -0.192. The van der Waals surface area contributed by atoms with Gasteiger partial charge in [0.05, 0.1) is 11.7 Å². The highest BCUT2D eigenvalue weighted by Crippen LogP contribution is 2.13. The van der Waals surface area contributed by atoms with E-state index in [2.05, 4.69) is 15.8 Å². The zero-order valence-corrected chi connectivity index (χ0v) is 10.7. The minimum absolute atomic E-state index is 0.155. The van der Waals surface area contributed by atoms with E-state index < -0.39 is 12.1 Å². The molecule has 3 N–H and O–H groups in total. The van der Waals surface area contributed by atoms with Crippen molar-refractivity contribution in [3.8, 4) is 0 Å². The first-order chi connectivity index (χ1) is 9.71. The lowest BCUT2D eigenvalue weighted by atomic mass is 10.4. The molecule has 0 fully saturated rings. The van der Waals surface area contributed by atoms with Crippen LogP contribution in [0.4, 0.5) is 19.1 Å². The van der Waals surface area contributed by atoms with Gasteiger partial charge < -0.3 is 5.11 Å². The van der Waals surface area contributed by atoms with Crippen LogP contribution in [0, 0.1) is 0 Å². The molecule has 0 bridgehead atoms. The van der Waals surface area contributed by atoms with Crippen LogP contribution in [0.5, 0.6) is 0 Å². The molecule has 0 atom stereocenters. The summed E-state index contributed by atoms with van der Waals surface area (Å²) in [7, 11) is 0. The van der Waals surface area contributed by atoms with Gasteiger partial charge in [-0.15, -0.1) is 0 Å². The maximum absolute atomic E-state index is 10.7. The molecule has 0 spiro atoms. The van der Waals surface area contributed by atoms with Crippen LogP contribution in [0.2, 0.25) is 0 Å². The molecule has 1 amide bonds. The fraction of sp³-hybridized carbons (Fsp3) is 0.182. The number of carbonyl (C=O) groups excluding carboxylic acids is 1. The Bertz CT molecular complexity index is 639. The van der Waals surface area contributed by atoms with Crippen LogP contribution in [0.15, 0.2) is 30.6 Å². The van der Waals surface area contributed by atoms with Gasteiger partial charge in [0.2, 0.25) is 11.9 Å². The largest absolute Gasteiger partial charge is 0.490 e. The van der Waals surface area contributed by atoms with Crippen molar-refractivity contribution < 1.29 is 27.9 Å². The van der Waals surface area contributed by atoms with Crippen molar-refractivity contribution in [2.24, 2.45) is 0 Å². The van der Waals surface area contributed by atoms with E-state index in [0.717, 1.165) is 5.52 Å². The summed E-state index contributed by atoms with van der Waals surface area (Å²) < 4.78 is 33.6. The van der Waals surface area contributed by atoms with Crippen LogP contribution in [0.3, 0.4) is 0 Å². The molecule has 2 aromatic heterocycles. The summed E-state index contributed by atoms with van der Waals surface area (Å²) in [5.74, 6) is -2.32. The van der Waals surface area contributed by atoms with Crippen molar-refractivity contribution in [3.63, 3.8) is 0 Å². The van der Waals surface area contributed by atoms with Crippen molar-refractivity contribution in [2.75, 3.05) is 5.43 Å². The fourth-order valence-electron chi connectivity index (χ4n) is 1.18. The second-order valence-corrected chi connectivity index (χ2v) is 3.69. The molecule has 0 radical (unpaired) electrons. The molecule has 2 aromatic rings. The average Bonchev–Trinajstić information content (AvgIpc) is 2.79. The first-order valence-corrected chi connectivity index (χ1v) is 5.46. The molecule has 7 nitrogen and oxygen atoms in total. The summed E-state index contributed by atoms with van der Waals surface area (Å²) in [6.07, 6.45) is -1.49. The number of aliphatic carboxylic acids is 1. The monoisotopic (exact) mass is 304 g/mol. The normalized spacial score (nSPS) is 10.5. The van der Waals surface area contributed by atoms with Gasteiger partial charge in [-0.25, -0.2) is 9.78 Å². The molecule has 0 aliphatic heterocycles. The number of carboxylic acids is 1. The molecule has 0 aliphatic carbocycles. The molecular weight excluding hydrogens is 293 g/mol. The zero-order chi connectivity index (χ0) is 16.0. The van der Waals surface area contributed by atoms with E-state index in [-0.39, 0.29) is 5.91 Å². The van der Waals surface area contributed by atoms with Gasteiger partial charge in [-0.2, -0.15) is 13.2 Å². The third kappa shape index (κ3) is 5.01. The second-order valence-electron chi connectivity index (χ2n) is 3.69. The molecule has 0 aliphatic rings. The zero-order valence-electron chi connectivity index (χ0n) is 10.7. The van der Waals surface area contributed by atoms with E-state index in [0.29, 0.717) is 5.95 Å². The van der Waals surface area contributed by atoms with Crippen molar-refractivity contribution in [1.29, 1.82) is 0 Å². The summed E-state index contributed by atoms with van der Waals surface area (Å²) in [5, 5.41) is 7.12. The first kappa shape index (κ1) is 16.3. The molecule has 2 rings (SSSR count). The number of alkyl halides is 3. The van der Waals surface area contributed by atoms with Crippen LogP contribution in [-0.4, -0.2) is 32.5 Å². The lowest BCUT2D eigenvalue weighted by Crippen LogP contribution is -2.27. The van der Waals surface area contributed by atoms with Gasteiger partial charge in [-0.3, -0.25) is 20.0 Å². The highest BCUT2D eigenvalue weighted by molar-refractivity contribution is 5.74. The molecule has 0 saturated carbocycles. The summed E-state index contributed by atoms with van der Waals surface area (Å²) in [6, 6.07) is 5.76. The van der Waals surface area contributed by atoms with E-state index in [9.17, 15) is 18.0 Å². The predicted octanol–water partition coefficient (Wildman–Crippen LogP) is 1.43. The number of nitrogens with one attached hydrogen (secondary N) is 2. The summed E-state index contributed by atoms with van der Waals surface area (Å²) in [6.45, 7) is 1.43. The number of anilines is 1. The molecule has 114 valence electrons. The molecular formula is C11H11F3N4O3. The maximum atomic E-state index is 10.7. The molecule has 0 unspecified atom stereocenters. The van der Waals surface area contributed by atoms with Gasteiger partial charge in [-0.05, 0) is 12.1 Å². The number of carbonyl (C=O) groups is 2. The molecule has 21 heavy (non-hydrogen) atoms. The number of pyridine rings is 1. The third-order valence-corrected chi connectivity index (χ3v) is 2.03.